The molecule has 0 fully saturated rings. The SMILES string of the molecule is Nc1nc2n(n1)[C@@H](c1ccc(F)cc1)C[C@@H](c1ccc(Cl)cc1)N2. The molecule has 0 unspecified atom stereocenters. The molecular formula is C17H15ClFN5. The smallest absolute Gasteiger partial charge is 0.241 e. The monoisotopic (exact) mass is 343 g/mol. The minimum atomic E-state index is -0.264. The highest BCUT2D eigenvalue weighted by atomic mass is 35.5. The summed E-state index contributed by atoms with van der Waals surface area (Å²) in [5.41, 5.74) is 7.82. The summed E-state index contributed by atoms with van der Waals surface area (Å²) in [6.45, 7) is 0. The molecule has 7 heteroatoms. The van der Waals surface area contributed by atoms with Gasteiger partial charge < -0.3 is 11.1 Å². The van der Waals surface area contributed by atoms with E-state index in [-0.39, 0.29) is 23.8 Å². The van der Waals surface area contributed by atoms with Crippen LogP contribution in [0.3, 0.4) is 0 Å². The third-order valence-electron chi connectivity index (χ3n) is 4.23. The van der Waals surface area contributed by atoms with Gasteiger partial charge in [-0.2, -0.15) is 4.98 Å². The van der Waals surface area contributed by atoms with Crippen molar-refractivity contribution in [2.24, 2.45) is 0 Å². The number of fused-ring (bicyclic) bond motifs is 1. The van der Waals surface area contributed by atoms with Crippen molar-refractivity contribution >= 4 is 23.5 Å². The number of nitrogens with zero attached hydrogens (tertiary/aromatic N) is 3. The standard InChI is InChI=1S/C17H15ClFN5/c18-12-5-1-10(2-6-12)14-9-15(11-3-7-13(19)8-4-11)24-17(21-14)22-16(20)23-24/h1-8,14-15H,9H2,(H3,20,21,22,23)/t14-,15+/m0/s1. The fraction of sp³-hybridized carbons (Fsp3) is 0.176. The summed E-state index contributed by atoms with van der Waals surface area (Å²) in [4.78, 5) is 4.26. The van der Waals surface area contributed by atoms with Gasteiger partial charge >= 0.3 is 0 Å². The second-order valence-electron chi connectivity index (χ2n) is 5.79. The van der Waals surface area contributed by atoms with Crippen LogP contribution in [0, 0.1) is 5.82 Å². The molecule has 0 saturated heterocycles. The molecule has 122 valence electrons. The molecule has 2 aromatic carbocycles. The zero-order valence-electron chi connectivity index (χ0n) is 12.7. The van der Waals surface area contributed by atoms with Crippen LogP contribution in [0.15, 0.2) is 48.5 Å². The van der Waals surface area contributed by atoms with Gasteiger partial charge in [0.05, 0.1) is 12.1 Å². The molecule has 0 spiro atoms. The molecule has 0 saturated carbocycles. The number of halogens is 2. The predicted molar refractivity (Wildman–Crippen MR) is 91.4 cm³/mol. The van der Waals surface area contributed by atoms with Gasteiger partial charge in [0.1, 0.15) is 5.82 Å². The quantitative estimate of drug-likeness (QED) is 0.742. The molecule has 0 radical (unpaired) electrons. The van der Waals surface area contributed by atoms with E-state index >= 15 is 0 Å². The Labute approximate surface area is 143 Å². The summed E-state index contributed by atoms with van der Waals surface area (Å²) >= 11 is 5.98. The van der Waals surface area contributed by atoms with Crippen molar-refractivity contribution in [2.45, 2.75) is 18.5 Å². The lowest BCUT2D eigenvalue weighted by molar-refractivity contribution is 0.431. The average Bonchev–Trinajstić information content (AvgIpc) is 2.95. The third kappa shape index (κ3) is 2.69. The van der Waals surface area contributed by atoms with Gasteiger partial charge in [0.25, 0.3) is 0 Å². The summed E-state index contributed by atoms with van der Waals surface area (Å²) in [6.07, 6.45) is 0.739. The number of hydrogen-bond acceptors (Lipinski definition) is 4. The van der Waals surface area contributed by atoms with Crippen LogP contribution in [-0.4, -0.2) is 14.8 Å². The molecule has 24 heavy (non-hydrogen) atoms. The van der Waals surface area contributed by atoms with Gasteiger partial charge in [-0.25, -0.2) is 9.07 Å². The largest absolute Gasteiger partial charge is 0.366 e. The fourth-order valence-electron chi connectivity index (χ4n) is 3.07. The highest BCUT2D eigenvalue weighted by Crippen LogP contribution is 2.38. The molecule has 1 aliphatic rings. The number of nitrogens with one attached hydrogen (secondary N) is 1. The number of nitrogens with two attached hydrogens (primary N) is 1. The molecule has 2 heterocycles. The summed E-state index contributed by atoms with van der Waals surface area (Å²) in [5, 5.41) is 8.33. The van der Waals surface area contributed by atoms with Crippen LogP contribution in [0.1, 0.15) is 29.6 Å². The first kappa shape index (κ1) is 15.0. The van der Waals surface area contributed by atoms with Crippen LogP contribution in [-0.2, 0) is 0 Å². The first-order chi connectivity index (χ1) is 11.6. The molecule has 5 nitrogen and oxygen atoms in total. The van der Waals surface area contributed by atoms with Crippen molar-refractivity contribution < 1.29 is 4.39 Å². The topological polar surface area (TPSA) is 68.8 Å². The van der Waals surface area contributed by atoms with E-state index in [2.05, 4.69) is 15.4 Å². The Morgan fingerprint density at radius 1 is 1.08 bits per heavy atom. The molecule has 2 atom stereocenters. The van der Waals surface area contributed by atoms with Gasteiger partial charge in [0, 0.05) is 5.02 Å². The summed E-state index contributed by atoms with van der Waals surface area (Å²) < 4.78 is 15.0. The lowest BCUT2D eigenvalue weighted by Crippen LogP contribution is -2.28. The van der Waals surface area contributed by atoms with E-state index in [9.17, 15) is 4.39 Å². The molecule has 0 bridgehead atoms. The first-order valence-electron chi connectivity index (χ1n) is 7.59. The molecule has 1 aliphatic heterocycles. The van der Waals surface area contributed by atoms with Crippen molar-refractivity contribution in [1.29, 1.82) is 0 Å². The molecular weight excluding hydrogens is 329 g/mol. The lowest BCUT2D eigenvalue weighted by atomic mass is 9.93. The van der Waals surface area contributed by atoms with Gasteiger partial charge in [-0.05, 0) is 41.8 Å². The van der Waals surface area contributed by atoms with E-state index in [1.807, 2.05) is 24.3 Å². The molecule has 3 N–H and O–H groups in total. The Morgan fingerprint density at radius 3 is 2.46 bits per heavy atom. The van der Waals surface area contributed by atoms with E-state index in [4.69, 9.17) is 17.3 Å². The maximum absolute atomic E-state index is 13.3. The first-order valence-corrected chi connectivity index (χ1v) is 7.97. The number of hydrogen-bond donors (Lipinski definition) is 2. The van der Waals surface area contributed by atoms with E-state index < -0.39 is 0 Å². The number of nitrogen functional groups attached to an aromatic ring is 1. The van der Waals surface area contributed by atoms with Crippen LogP contribution in [0.4, 0.5) is 16.3 Å². The Morgan fingerprint density at radius 2 is 1.75 bits per heavy atom. The second-order valence-corrected chi connectivity index (χ2v) is 6.23. The van der Waals surface area contributed by atoms with Crippen LogP contribution in [0.2, 0.25) is 5.02 Å². The minimum absolute atomic E-state index is 0.0356. The maximum Gasteiger partial charge on any atom is 0.241 e. The van der Waals surface area contributed by atoms with Crippen molar-refractivity contribution in [3.8, 4) is 0 Å². The summed E-state index contributed by atoms with van der Waals surface area (Å²) in [7, 11) is 0. The van der Waals surface area contributed by atoms with Crippen molar-refractivity contribution in [2.75, 3.05) is 11.1 Å². The zero-order chi connectivity index (χ0) is 16.7. The molecule has 0 aliphatic carbocycles. The van der Waals surface area contributed by atoms with Crippen molar-refractivity contribution in [1.82, 2.24) is 14.8 Å². The Balaban J connectivity index is 1.74. The van der Waals surface area contributed by atoms with Gasteiger partial charge in [-0.15, -0.1) is 5.10 Å². The maximum atomic E-state index is 13.3. The zero-order valence-corrected chi connectivity index (χ0v) is 13.4. The van der Waals surface area contributed by atoms with Crippen molar-refractivity contribution in [3.05, 3.63) is 70.5 Å². The van der Waals surface area contributed by atoms with Crippen molar-refractivity contribution in [3.63, 3.8) is 0 Å². The van der Waals surface area contributed by atoms with Gasteiger partial charge in [0.2, 0.25) is 11.9 Å². The Hall–Kier alpha value is -2.60. The summed E-state index contributed by atoms with van der Waals surface area (Å²) in [5.74, 6) is 0.551. The average molecular weight is 344 g/mol. The number of anilines is 2. The molecule has 4 rings (SSSR count). The van der Waals surface area contributed by atoms with Crippen LogP contribution in [0.5, 0.6) is 0 Å². The minimum Gasteiger partial charge on any atom is -0.366 e. The van der Waals surface area contributed by atoms with Gasteiger partial charge in [-0.1, -0.05) is 35.9 Å². The number of benzene rings is 2. The van der Waals surface area contributed by atoms with Crippen LogP contribution in [0.25, 0.3) is 0 Å². The Bertz CT molecular complexity index is 860. The molecule has 3 aromatic rings. The third-order valence-corrected chi connectivity index (χ3v) is 4.48. The normalized spacial score (nSPS) is 19.6. The number of aromatic nitrogens is 3. The van der Waals surface area contributed by atoms with E-state index in [0.717, 1.165) is 17.5 Å². The van der Waals surface area contributed by atoms with Gasteiger partial charge in [0.15, 0.2) is 0 Å². The van der Waals surface area contributed by atoms with E-state index in [1.165, 1.54) is 12.1 Å². The summed E-state index contributed by atoms with van der Waals surface area (Å²) in [6, 6.07) is 14.1. The van der Waals surface area contributed by atoms with Crippen LogP contribution < -0.4 is 11.1 Å². The molecule has 0 amide bonds. The van der Waals surface area contributed by atoms with E-state index in [1.54, 1.807) is 16.8 Å². The molecule has 1 aromatic heterocycles. The van der Waals surface area contributed by atoms with Crippen LogP contribution >= 0.6 is 11.6 Å². The lowest BCUT2D eigenvalue weighted by Gasteiger charge is -2.31. The highest BCUT2D eigenvalue weighted by molar-refractivity contribution is 6.30. The second kappa shape index (κ2) is 5.79. The number of rotatable bonds is 2. The highest BCUT2D eigenvalue weighted by Gasteiger charge is 2.30. The predicted octanol–water partition coefficient (Wildman–Crippen LogP) is 3.80. The fourth-order valence-corrected chi connectivity index (χ4v) is 3.20. The van der Waals surface area contributed by atoms with Gasteiger partial charge in [-0.3, -0.25) is 0 Å². The Kier molecular flexibility index (Phi) is 3.61. The van der Waals surface area contributed by atoms with E-state index in [0.29, 0.717) is 11.0 Å².